The Hall–Kier alpha value is -0.420. The Morgan fingerprint density at radius 3 is 2.79 bits per heavy atom. The first kappa shape index (κ1) is 13.6. The van der Waals surface area contributed by atoms with Gasteiger partial charge in [-0.1, -0.05) is 25.1 Å². The van der Waals surface area contributed by atoms with E-state index in [4.69, 9.17) is 9.47 Å². The van der Waals surface area contributed by atoms with E-state index in [1.165, 1.54) is 11.8 Å². The average molecular weight is 221 g/mol. The molecule has 0 fully saturated rings. The van der Waals surface area contributed by atoms with Crippen molar-refractivity contribution in [2.45, 2.75) is 26.7 Å². The Balaban J connectivity index is 3.10. The summed E-state index contributed by atoms with van der Waals surface area (Å²) in [6.45, 7) is 5.38. The van der Waals surface area contributed by atoms with Crippen LogP contribution in [0.3, 0.4) is 0 Å². The number of carbonyl (C=O) groups excluding carboxylic acids is 1. The van der Waals surface area contributed by atoms with Crippen molar-refractivity contribution in [2.24, 2.45) is 0 Å². The molecule has 0 radical (unpaired) electrons. The summed E-state index contributed by atoms with van der Waals surface area (Å²) in [7, 11) is 0. The molecular weight excluding hydrogens is 202 g/mol. The second-order valence-electron chi connectivity index (χ2n) is 2.64. The second kappa shape index (κ2) is 10.7. The smallest absolute Gasteiger partial charge is 0.407 e. The van der Waals surface area contributed by atoms with E-state index in [-0.39, 0.29) is 6.09 Å². The fourth-order valence-electron chi connectivity index (χ4n) is 0.690. The van der Waals surface area contributed by atoms with Crippen molar-refractivity contribution in [1.82, 2.24) is 5.32 Å². The standard InChI is InChI=1S/C9H19NO3S/c1-3-5-6-10-9(11)13-8-14-7-12-4-2/h3-8H2,1-2H3,(H,10,11). The largest absolute Gasteiger partial charge is 0.438 e. The molecule has 0 saturated carbocycles. The van der Waals surface area contributed by atoms with Crippen LogP contribution in [0, 0.1) is 0 Å². The zero-order valence-corrected chi connectivity index (χ0v) is 9.69. The lowest BCUT2D eigenvalue weighted by Crippen LogP contribution is -2.25. The first-order valence-electron chi connectivity index (χ1n) is 4.87. The van der Waals surface area contributed by atoms with E-state index in [1.807, 2.05) is 6.92 Å². The first-order chi connectivity index (χ1) is 6.81. The molecule has 0 aromatic heterocycles. The van der Waals surface area contributed by atoms with Crippen molar-refractivity contribution in [1.29, 1.82) is 0 Å². The van der Waals surface area contributed by atoms with Crippen LogP contribution in [-0.4, -0.2) is 31.1 Å². The number of unbranched alkanes of at least 4 members (excludes halogenated alkanes) is 1. The summed E-state index contributed by atoms with van der Waals surface area (Å²) >= 11 is 1.44. The van der Waals surface area contributed by atoms with Gasteiger partial charge in [0.2, 0.25) is 0 Å². The van der Waals surface area contributed by atoms with Gasteiger partial charge in [0.05, 0.1) is 5.94 Å². The van der Waals surface area contributed by atoms with Gasteiger partial charge < -0.3 is 14.8 Å². The van der Waals surface area contributed by atoms with Gasteiger partial charge >= 0.3 is 6.09 Å². The Kier molecular flexibility index (Phi) is 10.3. The van der Waals surface area contributed by atoms with Crippen LogP contribution < -0.4 is 5.32 Å². The summed E-state index contributed by atoms with van der Waals surface area (Å²) in [5, 5.41) is 2.66. The molecule has 0 rings (SSSR count). The summed E-state index contributed by atoms with van der Waals surface area (Å²) in [6, 6.07) is 0. The van der Waals surface area contributed by atoms with E-state index < -0.39 is 0 Å². The minimum atomic E-state index is -0.345. The van der Waals surface area contributed by atoms with Gasteiger partial charge in [-0.25, -0.2) is 4.79 Å². The monoisotopic (exact) mass is 221 g/mol. The maximum absolute atomic E-state index is 11.0. The van der Waals surface area contributed by atoms with Crippen molar-refractivity contribution in [2.75, 3.05) is 25.0 Å². The average Bonchev–Trinajstić information content (AvgIpc) is 2.18. The second-order valence-corrected chi connectivity index (χ2v) is 3.52. The van der Waals surface area contributed by atoms with Gasteiger partial charge in [0, 0.05) is 13.2 Å². The van der Waals surface area contributed by atoms with Gasteiger partial charge in [-0.2, -0.15) is 0 Å². The SMILES string of the molecule is CCCCNC(=O)OCSCOCC. The van der Waals surface area contributed by atoms with Gasteiger partial charge in [-0.15, -0.1) is 0 Å². The number of thioether (sulfide) groups is 1. The minimum absolute atomic E-state index is 0.345. The molecule has 0 aromatic carbocycles. The van der Waals surface area contributed by atoms with Crippen LogP contribution in [-0.2, 0) is 9.47 Å². The highest BCUT2D eigenvalue weighted by atomic mass is 32.2. The number of nitrogens with one attached hydrogen (secondary N) is 1. The molecule has 0 spiro atoms. The molecule has 0 aliphatic heterocycles. The topological polar surface area (TPSA) is 47.6 Å². The molecule has 0 bridgehead atoms. The summed E-state index contributed by atoms with van der Waals surface area (Å²) in [6.07, 6.45) is 1.71. The van der Waals surface area contributed by atoms with E-state index in [0.717, 1.165) is 12.8 Å². The molecular formula is C9H19NO3S. The summed E-state index contributed by atoms with van der Waals surface area (Å²) in [5.41, 5.74) is 0. The van der Waals surface area contributed by atoms with E-state index >= 15 is 0 Å². The van der Waals surface area contributed by atoms with Crippen molar-refractivity contribution >= 4 is 17.9 Å². The lowest BCUT2D eigenvalue weighted by molar-refractivity contribution is 0.163. The highest BCUT2D eigenvalue weighted by Gasteiger charge is 1.99. The summed E-state index contributed by atoms with van der Waals surface area (Å²) < 4.78 is 9.93. The fourth-order valence-corrected chi connectivity index (χ4v) is 1.23. The number of carbonyl (C=O) groups is 1. The Morgan fingerprint density at radius 1 is 1.36 bits per heavy atom. The van der Waals surface area contributed by atoms with Gasteiger partial charge in [-0.05, 0) is 13.3 Å². The van der Waals surface area contributed by atoms with E-state index in [2.05, 4.69) is 12.2 Å². The third-order valence-corrected chi connectivity index (χ3v) is 2.06. The van der Waals surface area contributed by atoms with Crippen molar-refractivity contribution < 1.29 is 14.3 Å². The molecule has 14 heavy (non-hydrogen) atoms. The third kappa shape index (κ3) is 9.67. The molecule has 1 amide bonds. The van der Waals surface area contributed by atoms with E-state index in [9.17, 15) is 4.79 Å². The summed E-state index contributed by atoms with van der Waals surface area (Å²) in [4.78, 5) is 11.0. The molecule has 5 heteroatoms. The third-order valence-electron chi connectivity index (χ3n) is 1.44. The molecule has 84 valence electrons. The Bertz CT molecular complexity index is 144. The maximum Gasteiger partial charge on any atom is 0.407 e. The number of hydrogen-bond donors (Lipinski definition) is 1. The fraction of sp³-hybridized carbons (Fsp3) is 0.889. The predicted octanol–water partition coefficient (Wildman–Crippen LogP) is 2.20. The van der Waals surface area contributed by atoms with Crippen molar-refractivity contribution in [3.8, 4) is 0 Å². The Morgan fingerprint density at radius 2 is 2.14 bits per heavy atom. The number of amides is 1. The number of hydrogen-bond acceptors (Lipinski definition) is 4. The molecule has 4 nitrogen and oxygen atoms in total. The van der Waals surface area contributed by atoms with Crippen LogP contribution in [0.25, 0.3) is 0 Å². The molecule has 1 N–H and O–H groups in total. The van der Waals surface area contributed by atoms with Gasteiger partial charge in [-0.3, -0.25) is 0 Å². The van der Waals surface area contributed by atoms with Gasteiger partial charge in [0.15, 0.2) is 0 Å². The molecule has 0 aromatic rings. The highest BCUT2D eigenvalue weighted by molar-refractivity contribution is 7.98. The van der Waals surface area contributed by atoms with Crippen LogP contribution in [0.4, 0.5) is 4.79 Å². The maximum atomic E-state index is 11.0. The van der Waals surface area contributed by atoms with Crippen LogP contribution >= 0.6 is 11.8 Å². The normalized spacial score (nSPS) is 9.86. The van der Waals surface area contributed by atoms with E-state index in [1.54, 1.807) is 0 Å². The van der Waals surface area contributed by atoms with Gasteiger partial charge in [0.25, 0.3) is 0 Å². The van der Waals surface area contributed by atoms with Crippen LogP contribution in [0.15, 0.2) is 0 Å². The molecule has 0 aliphatic rings. The molecule has 0 saturated heterocycles. The predicted molar refractivity (Wildman–Crippen MR) is 58.3 cm³/mol. The van der Waals surface area contributed by atoms with Crippen LogP contribution in [0.1, 0.15) is 26.7 Å². The summed E-state index contributed by atoms with van der Waals surface area (Å²) in [5.74, 6) is 0.913. The molecule has 0 heterocycles. The van der Waals surface area contributed by atoms with Crippen LogP contribution in [0.2, 0.25) is 0 Å². The minimum Gasteiger partial charge on any atom is -0.438 e. The number of alkyl carbamates (subject to hydrolysis) is 1. The zero-order chi connectivity index (χ0) is 10.6. The van der Waals surface area contributed by atoms with Crippen LogP contribution in [0.5, 0.6) is 0 Å². The quantitative estimate of drug-likeness (QED) is 0.504. The first-order valence-corrected chi connectivity index (χ1v) is 6.02. The molecule has 0 aliphatic carbocycles. The molecule has 0 atom stereocenters. The Labute approximate surface area is 89.7 Å². The van der Waals surface area contributed by atoms with Gasteiger partial charge in [0.1, 0.15) is 5.94 Å². The van der Waals surface area contributed by atoms with E-state index in [0.29, 0.717) is 25.0 Å². The highest BCUT2D eigenvalue weighted by Crippen LogP contribution is 2.00. The lowest BCUT2D eigenvalue weighted by atomic mass is 10.3. The molecule has 0 unspecified atom stereocenters. The van der Waals surface area contributed by atoms with Crippen molar-refractivity contribution in [3.63, 3.8) is 0 Å². The number of rotatable bonds is 8. The number of ether oxygens (including phenoxy) is 2. The van der Waals surface area contributed by atoms with Crippen molar-refractivity contribution in [3.05, 3.63) is 0 Å². The zero-order valence-electron chi connectivity index (χ0n) is 8.88. The lowest BCUT2D eigenvalue weighted by Gasteiger charge is -2.05.